The van der Waals surface area contributed by atoms with Gasteiger partial charge in [-0.25, -0.2) is 4.99 Å². The lowest BCUT2D eigenvalue weighted by atomic mass is 10.1. The number of nitrogens with one attached hydrogen (secondary N) is 2. The Kier molecular flexibility index (Phi) is 4.81. The highest BCUT2D eigenvalue weighted by atomic mass is 16.5. The normalized spacial score (nSPS) is 16.0. The second-order valence-electron chi connectivity index (χ2n) is 7.08. The Morgan fingerprint density at radius 1 is 1.15 bits per heavy atom. The van der Waals surface area contributed by atoms with Crippen LogP contribution in [0.2, 0.25) is 0 Å². The summed E-state index contributed by atoms with van der Waals surface area (Å²) in [5, 5.41) is 6.30. The minimum absolute atomic E-state index is 0.0803. The third kappa shape index (κ3) is 3.66. The molecule has 0 saturated carbocycles. The fourth-order valence-corrected chi connectivity index (χ4v) is 3.33. The molecule has 2 N–H and O–H groups in total. The van der Waals surface area contributed by atoms with Crippen LogP contribution in [0.25, 0.3) is 0 Å². The zero-order valence-electron chi connectivity index (χ0n) is 15.7. The standard InChI is InChI=1S/C21H24N4O2/c1-14(2)23-21(26)15-7-8-19-17(13-15)24-20(25-11-9-22-10-12-25)16-5-3-4-6-18(16)27-19/h3-8,13-14,22H,9-12H2,1-2H3,(H,23,26). The maximum Gasteiger partial charge on any atom is 0.251 e. The van der Waals surface area contributed by atoms with E-state index in [1.165, 1.54) is 0 Å². The molecule has 0 unspecified atom stereocenters. The van der Waals surface area contributed by atoms with E-state index < -0.39 is 0 Å². The van der Waals surface area contributed by atoms with Crippen molar-refractivity contribution >= 4 is 17.4 Å². The summed E-state index contributed by atoms with van der Waals surface area (Å²) in [6.07, 6.45) is 0. The molecule has 0 aliphatic carbocycles. The van der Waals surface area contributed by atoms with Crippen molar-refractivity contribution in [2.75, 3.05) is 26.2 Å². The SMILES string of the molecule is CC(C)NC(=O)c1ccc2c(c1)N=C(N1CCNCC1)c1ccccc1O2. The van der Waals surface area contributed by atoms with E-state index in [0.717, 1.165) is 43.3 Å². The largest absolute Gasteiger partial charge is 0.454 e. The number of para-hydroxylation sites is 1. The van der Waals surface area contributed by atoms with Crippen molar-refractivity contribution < 1.29 is 9.53 Å². The molecule has 1 amide bonds. The van der Waals surface area contributed by atoms with E-state index in [0.29, 0.717) is 17.0 Å². The number of aliphatic imine (C=N–C) groups is 1. The molecule has 2 heterocycles. The number of hydrogen-bond acceptors (Lipinski definition) is 5. The van der Waals surface area contributed by atoms with E-state index in [2.05, 4.69) is 15.5 Å². The summed E-state index contributed by atoms with van der Waals surface area (Å²) in [6, 6.07) is 13.4. The van der Waals surface area contributed by atoms with E-state index in [9.17, 15) is 4.79 Å². The van der Waals surface area contributed by atoms with E-state index in [1.54, 1.807) is 12.1 Å². The molecule has 1 saturated heterocycles. The monoisotopic (exact) mass is 364 g/mol. The summed E-state index contributed by atoms with van der Waals surface area (Å²) < 4.78 is 6.15. The first-order chi connectivity index (χ1) is 13.1. The van der Waals surface area contributed by atoms with Crippen LogP contribution in [0.4, 0.5) is 5.69 Å². The van der Waals surface area contributed by atoms with Gasteiger partial charge in [0.15, 0.2) is 5.75 Å². The molecule has 2 aliphatic heterocycles. The molecule has 6 nitrogen and oxygen atoms in total. The van der Waals surface area contributed by atoms with Gasteiger partial charge in [-0.3, -0.25) is 4.79 Å². The molecular weight excluding hydrogens is 340 g/mol. The third-order valence-electron chi connectivity index (χ3n) is 4.63. The number of piperazine rings is 1. The topological polar surface area (TPSA) is 66.0 Å². The van der Waals surface area contributed by atoms with Crippen LogP contribution in [-0.4, -0.2) is 48.9 Å². The molecule has 0 aromatic heterocycles. The Bertz CT molecular complexity index is 886. The van der Waals surface area contributed by atoms with Gasteiger partial charge in [0.25, 0.3) is 5.91 Å². The van der Waals surface area contributed by atoms with Gasteiger partial charge in [0.1, 0.15) is 17.3 Å². The van der Waals surface area contributed by atoms with Gasteiger partial charge in [0.05, 0.1) is 5.56 Å². The lowest BCUT2D eigenvalue weighted by Crippen LogP contribution is -2.46. The average Bonchev–Trinajstić information content (AvgIpc) is 2.84. The quantitative estimate of drug-likeness (QED) is 0.860. The zero-order chi connectivity index (χ0) is 18.8. The number of nitrogens with zero attached hydrogens (tertiary/aromatic N) is 2. The Labute approximate surface area is 159 Å². The van der Waals surface area contributed by atoms with Gasteiger partial charge in [0.2, 0.25) is 0 Å². The predicted octanol–water partition coefficient (Wildman–Crippen LogP) is 2.91. The summed E-state index contributed by atoms with van der Waals surface area (Å²) in [5.41, 5.74) is 2.24. The molecule has 2 aromatic carbocycles. The highest BCUT2D eigenvalue weighted by Gasteiger charge is 2.24. The van der Waals surface area contributed by atoms with Crippen LogP contribution in [0.15, 0.2) is 47.5 Å². The summed E-state index contributed by atoms with van der Waals surface area (Å²) in [4.78, 5) is 19.6. The third-order valence-corrected chi connectivity index (χ3v) is 4.63. The average molecular weight is 364 g/mol. The molecule has 0 atom stereocenters. The van der Waals surface area contributed by atoms with Crippen molar-refractivity contribution in [3.8, 4) is 11.5 Å². The second-order valence-corrected chi connectivity index (χ2v) is 7.08. The van der Waals surface area contributed by atoms with Crippen molar-refractivity contribution in [3.05, 3.63) is 53.6 Å². The molecule has 0 bridgehead atoms. The van der Waals surface area contributed by atoms with Gasteiger partial charge in [-0.15, -0.1) is 0 Å². The van der Waals surface area contributed by atoms with Gasteiger partial charge >= 0.3 is 0 Å². The Morgan fingerprint density at radius 2 is 1.93 bits per heavy atom. The number of amides is 1. The number of hydrogen-bond donors (Lipinski definition) is 2. The first kappa shape index (κ1) is 17.5. The van der Waals surface area contributed by atoms with Crippen LogP contribution in [0.1, 0.15) is 29.8 Å². The second kappa shape index (κ2) is 7.40. The Balaban J connectivity index is 1.78. The van der Waals surface area contributed by atoms with Crippen molar-refractivity contribution in [2.24, 2.45) is 4.99 Å². The van der Waals surface area contributed by atoms with Gasteiger partial charge < -0.3 is 20.3 Å². The van der Waals surface area contributed by atoms with Crippen LogP contribution >= 0.6 is 0 Å². The molecule has 0 spiro atoms. The van der Waals surface area contributed by atoms with E-state index in [4.69, 9.17) is 9.73 Å². The van der Waals surface area contributed by atoms with Crippen LogP contribution in [0.3, 0.4) is 0 Å². The number of ether oxygens (including phenoxy) is 1. The first-order valence-corrected chi connectivity index (χ1v) is 9.38. The lowest BCUT2D eigenvalue weighted by Gasteiger charge is -2.30. The van der Waals surface area contributed by atoms with Gasteiger partial charge in [-0.2, -0.15) is 0 Å². The number of carbonyl (C=O) groups excluding carboxylic acids is 1. The molecular formula is C21H24N4O2. The highest BCUT2D eigenvalue weighted by molar-refractivity contribution is 6.04. The van der Waals surface area contributed by atoms with Crippen molar-refractivity contribution in [1.82, 2.24) is 15.5 Å². The summed E-state index contributed by atoms with van der Waals surface area (Å²) in [7, 11) is 0. The smallest absolute Gasteiger partial charge is 0.251 e. The molecule has 0 radical (unpaired) electrons. The summed E-state index contributed by atoms with van der Waals surface area (Å²) >= 11 is 0. The molecule has 6 heteroatoms. The molecule has 1 fully saturated rings. The fraction of sp³-hybridized carbons (Fsp3) is 0.333. The zero-order valence-corrected chi connectivity index (χ0v) is 15.7. The number of rotatable bonds is 2. The minimum Gasteiger partial charge on any atom is -0.454 e. The summed E-state index contributed by atoms with van der Waals surface area (Å²) in [6.45, 7) is 7.51. The van der Waals surface area contributed by atoms with E-state index in [-0.39, 0.29) is 11.9 Å². The van der Waals surface area contributed by atoms with Crippen LogP contribution in [0.5, 0.6) is 11.5 Å². The molecule has 2 aromatic rings. The van der Waals surface area contributed by atoms with Crippen LogP contribution in [-0.2, 0) is 0 Å². The van der Waals surface area contributed by atoms with Gasteiger partial charge in [-0.1, -0.05) is 12.1 Å². The maximum absolute atomic E-state index is 12.4. The summed E-state index contributed by atoms with van der Waals surface area (Å²) in [5.74, 6) is 2.24. The lowest BCUT2D eigenvalue weighted by molar-refractivity contribution is 0.0943. The molecule has 27 heavy (non-hydrogen) atoms. The molecule has 4 rings (SSSR count). The highest BCUT2D eigenvalue weighted by Crippen LogP contribution is 2.38. The number of benzene rings is 2. The van der Waals surface area contributed by atoms with Gasteiger partial charge in [-0.05, 0) is 44.2 Å². The number of fused-ring (bicyclic) bond motifs is 2. The number of carbonyl (C=O) groups is 1. The van der Waals surface area contributed by atoms with Crippen molar-refractivity contribution in [1.29, 1.82) is 0 Å². The van der Waals surface area contributed by atoms with Gasteiger partial charge in [0, 0.05) is 37.8 Å². The van der Waals surface area contributed by atoms with E-state index in [1.807, 2.05) is 44.2 Å². The fourth-order valence-electron chi connectivity index (χ4n) is 3.33. The van der Waals surface area contributed by atoms with Crippen molar-refractivity contribution in [2.45, 2.75) is 19.9 Å². The van der Waals surface area contributed by atoms with E-state index >= 15 is 0 Å². The van der Waals surface area contributed by atoms with Crippen molar-refractivity contribution in [3.63, 3.8) is 0 Å². The molecule has 140 valence electrons. The molecule has 2 aliphatic rings. The minimum atomic E-state index is -0.103. The Morgan fingerprint density at radius 3 is 2.70 bits per heavy atom. The number of amidine groups is 1. The predicted molar refractivity (Wildman–Crippen MR) is 106 cm³/mol. The maximum atomic E-state index is 12.4. The Hall–Kier alpha value is -2.86. The van der Waals surface area contributed by atoms with Crippen LogP contribution in [0, 0.1) is 0 Å². The first-order valence-electron chi connectivity index (χ1n) is 9.38. The van der Waals surface area contributed by atoms with Crippen LogP contribution < -0.4 is 15.4 Å².